The van der Waals surface area contributed by atoms with Crippen LogP contribution in [0.15, 0.2) is 35.5 Å². The fourth-order valence-corrected chi connectivity index (χ4v) is 3.95. The zero-order valence-corrected chi connectivity index (χ0v) is 17.2. The number of hydrogen-bond acceptors (Lipinski definition) is 7. The lowest BCUT2D eigenvalue weighted by Gasteiger charge is -2.29. The molecular formula is C20H27N5O2S. The predicted octanol–water partition coefficient (Wildman–Crippen LogP) is 3.40. The quantitative estimate of drug-likeness (QED) is 0.655. The van der Waals surface area contributed by atoms with Gasteiger partial charge in [0.25, 0.3) is 5.91 Å². The molecule has 2 aromatic rings. The number of benzene rings is 1. The molecule has 150 valence electrons. The van der Waals surface area contributed by atoms with Crippen LogP contribution in [-0.4, -0.2) is 42.2 Å². The van der Waals surface area contributed by atoms with E-state index in [2.05, 4.69) is 20.2 Å². The molecule has 3 rings (SSSR count). The molecule has 1 aromatic carbocycles. The van der Waals surface area contributed by atoms with Crippen LogP contribution in [0.1, 0.15) is 41.7 Å². The van der Waals surface area contributed by atoms with E-state index in [9.17, 15) is 4.79 Å². The Kier molecular flexibility index (Phi) is 7.24. The van der Waals surface area contributed by atoms with Gasteiger partial charge in [0.05, 0.1) is 6.61 Å². The molecule has 1 aliphatic rings. The first kappa shape index (κ1) is 20.6. The molecule has 1 saturated carbocycles. The number of carbonyl (C=O) groups is 1. The van der Waals surface area contributed by atoms with Crippen LogP contribution in [0.2, 0.25) is 0 Å². The molecule has 1 fully saturated rings. The van der Waals surface area contributed by atoms with E-state index in [1.165, 1.54) is 31.1 Å². The van der Waals surface area contributed by atoms with Crippen LogP contribution in [0.5, 0.6) is 0 Å². The summed E-state index contributed by atoms with van der Waals surface area (Å²) >= 11 is 1.18. The minimum absolute atomic E-state index is 0.252. The molecule has 1 heterocycles. The third-order valence-corrected chi connectivity index (χ3v) is 5.59. The first-order valence-corrected chi connectivity index (χ1v) is 10.4. The summed E-state index contributed by atoms with van der Waals surface area (Å²) in [7, 11) is 1.70. The lowest BCUT2D eigenvalue weighted by molar-refractivity contribution is 0.102. The van der Waals surface area contributed by atoms with E-state index in [-0.39, 0.29) is 5.91 Å². The molecule has 1 amide bonds. The lowest BCUT2D eigenvalue weighted by atomic mass is 10.2. The second-order valence-corrected chi connectivity index (χ2v) is 7.64. The van der Waals surface area contributed by atoms with Gasteiger partial charge in [0.2, 0.25) is 0 Å². The smallest absolute Gasteiger partial charge is 0.274 e. The molecule has 0 atom stereocenters. The van der Waals surface area contributed by atoms with Gasteiger partial charge in [-0.3, -0.25) is 9.93 Å². The first-order valence-electron chi connectivity index (χ1n) is 9.48. The third-order valence-electron chi connectivity index (χ3n) is 5.06. The van der Waals surface area contributed by atoms with E-state index < -0.39 is 0 Å². The summed E-state index contributed by atoms with van der Waals surface area (Å²) in [6.07, 6.45) is 6.19. The van der Waals surface area contributed by atoms with Gasteiger partial charge in [0.1, 0.15) is 17.8 Å². The summed E-state index contributed by atoms with van der Waals surface area (Å²) < 4.78 is 5.27. The number of amides is 1. The zero-order valence-electron chi connectivity index (χ0n) is 16.4. The maximum absolute atomic E-state index is 12.8. The second-order valence-electron chi connectivity index (χ2n) is 6.93. The van der Waals surface area contributed by atoms with Crippen molar-refractivity contribution in [2.24, 2.45) is 5.14 Å². The molecule has 7 nitrogen and oxygen atoms in total. The van der Waals surface area contributed by atoms with Gasteiger partial charge in [0.15, 0.2) is 0 Å². The Morgan fingerprint density at radius 3 is 2.79 bits per heavy atom. The van der Waals surface area contributed by atoms with Gasteiger partial charge in [0, 0.05) is 36.3 Å². The Labute approximate surface area is 170 Å². The number of anilines is 2. The van der Waals surface area contributed by atoms with Crippen LogP contribution in [0.4, 0.5) is 11.5 Å². The monoisotopic (exact) mass is 401 g/mol. The molecule has 0 aliphatic heterocycles. The Bertz CT molecular complexity index is 811. The summed E-state index contributed by atoms with van der Waals surface area (Å²) in [6, 6.07) is 7.88. The summed E-state index contributed by atoms with van der Waals surface area (Å²) in [5.74, 6) is 0.522. The summed E-state index contributed by atoms with van der Waals surface area (Å²) in [5, 5.41) is 8.53. The van der Waals surface area contributed by atoms with Crippen molar-refractivity contribution in [3.63, 3.8) is 0 Å². The van der Waals surface area contributed by atoms with Crippen molar-refractivity contribution in [3.8, 4) is 0 Å². The van der Waals surface area contributed by atoms with Gasteiger partial charge in [-0.25, -0.2) is 9.97 Å². The molecule has 0 unspecified atom stereocenters. The Morgan fingerprint density at radius 1 is 1.32 bits per heavy atom. The fourth-order valence-electron chi connectivity index (χ4n) is 3.55. The highest BCUT2D eigenvalue weighted by Crippen LogP contribution is 2.27. The predicted molar refractivity (Wildman–Crippen MR) is 113 cm³/mol. The van der Waals surface area contributed by atoms with Gasteiger partial charge in [-0.05, 0) is 55.5 Å². The Morgan fingerprint density at radius 2 is 2.11 bits per heavy atom. The van der Waals surface area contributed by atoms with Gasteiger partial charge in [-0.2, -0.15) is 0 Å². The highest BCUT2D eigenvalue weighted by molar-refractivity contribution is 7.97. The van der Waals surface area contributed by atoms with Crippen molar-refractivity contribution in [1.29, 1.82) is 0 Å². The largest absolute Gasteiger partial charge is 0.383 e. The van der Waals surface area contributed by atoms with Crippen LogP contribution < -0.4 is 15.4 Å². The highest BCUT2D eigenvalue weighted by atomic mass is 32.2. The number of aryl methyl sites for hydroxylation is 1. The second kappa shape index (κ2) is 9.86. The van der Waals surface area contributed by atoms with Crippen molar-refractivity contribution in [2.45, 2.75) is 43.5 Å². The third kappa shape index (κ3) is 5.01. The highest BCUT2D eigenvalue weighted by Gasteiger charge is 2.24. The molecule has 28 heavy (non-hydrogen) atoms. The standard InChI is InChI=1S/C20H27N5O2S/c1-14-11-16(28-21)7-8-17(14)24-20(26)18-12-19(23-13-22-18)25(9-10-27-2)15-5-3-4-6-15/h7-8,11-13,15H,3-6,9-10,21H2,1-2H3,(H,24,26). The van der Waals surface area contributed by atoms with E-state index in [1.807, 2.05) is 25.1 Å². The average Bonchev–Trinajstić information content (AvgIpc) is 3.24. The maximum atomic E-state index is 12.8. The van der Waals surface area contributed by atoms with Crippen LogP contribution in [-0.2, 0) is 4.74 Å². The van der Waals surface area contributed by atoms with Crippen molar-refractivity contribution >= 4 is 29.4 Å². The summed E-state index contributed by atoms with van der Waals surface area (Å²) in [6.45, 7) is 3.30. The molecule has 8 heteroatoms. The Hall–Kier alpha value is -2.16. The van der Waals surface area contributed by atoms with E-state index in [1.54, 1.807) is 13.2 Å². The number of hydrogen-bond donors (Lipinski definition) is 2. The average molecular weight is 402 g/mol. The normalized spacial score (nSPS) is 14.2. The molecule has 0 bridgehead atoms. The molecule has 0 spiro atoms. The number of nitrogens with zero attached hydrogens (tertiary/aromatic N) is 3. The first-order chi connectivity index (χ1) is 13.6. The van der Waals surface area contributed by atoms with Crippen molar-refractivity contribution < 1.29 is 9.53 Å². The van der Waals surface area contributed by atoms with E-state index in [0.717, 1.165) is 41.4 Å². The lowest BCUT2D eigenvalue weighted by Crippen LogP contribution is -2.37. The number of nitrogens with one attached hydrogen (secondary N) is 1. The van der Waals surface area contributed by atoms with Crippen LogP contribution >= 0.6 is 11.9 Å². The molecule has 1 aliphatic carbocycles. The van der Waals surface area contributed by atoms with Gasteiger partial charge >= 0.3 is 0 Å². The van der Waals surface area contributed by atoms with Crippen LogP contribution in [0, 0.1) is 6.92 Å². The van der Waals surface area contributed by atoms with Crippen molar-refractivity contribution in [1.82, 2.24) is 9.97 Å². The molecule has 0 saturated heterocycles. The number of nitrogens with two attached hydrogens (primary N) is 1. The zero-order chi connectivity index (χ0) is 19.9. The summed E-state index contributed by atoms with van der Waals surface area (Å²) in [4.78, 5) is 24.6. The number of ether oxygens (including phenoxy) is 1. The fraction of sp³-hybridized carbons (Fsp3) is 0.450. The molecule has 1 aromatic heterocycles. The molecular weight excluding hydrogens is 374 g/mol. The summed E-state index contributed by atoms with van der Waals surface area (Å²) in [5.41, 5.74) is 2.04. The Balaban J connectivity index is 1.78. The maximum Gasteiger partial charge on any atom is 0.274 e. The van der Waals surface area contributed by atoms with Gasteiger partial charge < -0.3 is 15.0 Å². The number of carbonyl (C=O) groups excluding carboxylic acids is 1. The van der Waals surface area contributed by atoms with Crippen molar-refractivity contribution in [2.75, 3.05) is 30.5 Å². The SMILES string of the molecule is COCCN(c1cc(C(=O)Nc2ccc(SN)cc2C)ncn1)C1CCCC1. The van der Waals surface area contributed by atoms with E-state index in [0.29, 0.717) is 18.3 Å². The van der Waals surface area contributed by atoms with Crippen LogP contribution in [0.3, 0.4) is 0 Å². The van der Waals surface area contributed by atoms with Crippen LogP contribution in [0.25, 0.3) is 0 Å². The topological polar surface area (TPSA) is 93.4 Å². The molecule has 3 N–H and O–H groups in total. The van der Waals surface area contributed by atoms with Gasteiger partial charge in [-0.15, -0.1) is 0 Å². The van der Waals surface area contributed by atoms with E-state index in [4.69, 9.17) is 9.88 Å². The van der Waals surface area contributed by atoms with Gasteiger partial charge in [-0.1, -0.05) is 12.8 Å². The minimum Gasteiger partial charge on any atom is -0.383 e. The van der Waals surface area contributed by atoms with E-state index >= 15 is 0 Å². The number of rotatable bonds is 8. The molecule has 0 radical (unpaired) electrons. The number of methoxy groups -OCH3 is 1. The number of aromatic nitrogens is 2. The van der Waals surface area contributed by atoms with Crippen molar-refractivity contribution in [3.05, 3.63) is 41.9 Å². The minimum atomic E-state index is -0.252.